The van der Waals surface area contributed by atoms with Crippen molar-refractivity contribution in [2.24, 2.45) is 0 Å². The molecule has 0 radical (unpaired) electrons. The summed E-state index contributed by atoms with van der Waals surface area (Å²) in [4.78, 5) is 56.1. The van der Waals surface area contributed by atoms with Gasteiger partial charge in [0.25, 0.3) is 0 Å². The van der Waals surface area contributed by atoms with Crippen LogP contribution in [-0.2, 0) is 32.3 Å². The molecule has 2 atom stereocenters. The molecule has 8 heteroatoms. The van der Waals surface area contributed by atoms with E-state index in [0.717, 1.165) is 27.8 Å². The van der Waals surface area contributed by atoms with Gasteiger partial charge in [-0.25, -0.2) is 0 Å². The zero-order valence-electron chi connectivity index (χ0n) is 25.3. The standard InChI is InChI=1S/C38H34N4O4/c1-2-35(43)41-23-28-21-26(17-19-32(28)34(24-41)38(46)40-30-14-7-4-8-15-30)18-20-36(44)42-22-27-11-9-10-16-31(27)33(25-42)37(45)39-29-12-5-3-6-13-29/h2-21,33-34H,1,22-25H2,(H,39,45)(H,40,46)/b20-18+/t33-,34+/m0/s1. The lowest BCUT2D eigenvalue weighted by molar-refractivity contribution is -0.129. The van der Waals surface area contributed by atoms with Crippen molar-refractivity contribution in [1.29, 1.82) is 0 Å². The lowest BCUT2D eigenvalue weighted by Gasteiger charge is -2.34. The number of hydrogen-bond acceptors (Lipinski definition) is 4. The minimum absolute atomic E-state index is 0.167. The summed E-state index contributed by atoms with van der Waals surface area (Å²) >= 11 is 0. The SMILES string of the molecule is C=CC(=O)N1Cc2cc(/C=C/C(=O)N3Cc4ccccc4[C@@H](C(=O)Nc4ccccc4)C3)ccc2[C@H](C(=O)Nc2ccccc2)C1. The van der Waals surface area contributed by atoms with Gasteiger partial charge >= 0.3 is 0 Å². The van der Waals surface area contributed by atoms with Gasteiger partial charge < -0.3 is 20.4 Å². The van der Waals surface area contributed by atoms with Crippen LogP contribution in [-0.4, -0.2) is 46.5 Å². The van der Waals surface area contributed by atoms with E-state index in [9.17, 15) is 19.2 Å². The second kappa shape index (κ2) is 13.5. The van der Waals surface area contributed by atoms with Crippen LogP contribution in [0.4, 0.5) is 11.4 Å². The van der Waals surface area contributed by atoms with Crippen molar-refractivity contribution < 1.29 is 19.2 Å². The Morgan fingerprint density at radius 3 is 1.76 bits per heavy atom. The third-order valence-electron chi connectivity index (χ3n) is 8.43. The number of amides is 4. The first kappa shape index (κ1) is 30.3. The van der Waals surface area contributed by atoms with E-state index in [0.29, 0.717) is 24.5 Å². The molecular formula is C38H34N4O4. The molecule has 0 fully saturated rings. The monoisotopic (exact) mass is 610 g/mol. The van der Waals surface area contributed by atoms with Gasteiger partial charge in [0.15, 0.2) is 0 Å². The topological polar surface area (TPSA) is 98.8 Å². The first-order chi connectivity index (χ1) is 22.4. The van der Waals surface area contributed by atoms with Gasteiger partial charge in [0.1, 0.15) is 0 Å². The number of nitrogens with zero attached hydrogens (tertiary/aromatic N) is 2. The number of carbonyl (C=O) groups excluding carboxylic acids is 4. The summed E-state index contributed by atoms with van der Waals surface area (Å²) in [5, 5.41) is 5.94. The molecule has 230 valence electrons. The Kier molecular flexibility index (Phi) is 8.87. The molecule has 4 aromatic carbocycles. The fourth-order valence-electron chi connectivity index (χ4n) is 6.09. The number of nitrogens with one attached hydrogen (secondary N) is 2. The van der Waals surface area contributed by atoms with Crippen molar-refractivity contribution in [3.05, 3.63) is 150 Å². The summed E-state index contributed by atoms with van der Waals surface area (Å²) < 4.78 is 0. The first-order valence-electron chi connectivity index (χ1n) is 15.2. The van der Waals surface area contributed by atoms with Crippen LogP contribution >= 0.6 is 0 Å². The van der Waals surface area contributed by atoms with Crippen molar-refractivity contribution in [3.8, 4) is 0 Å². The van der Waals surface area contributed by atoms with Crippen LogP contribution < -0.4 is 10.6 Å². The molecule has 0 aromatic heterocycles. The molecule has 4 amide bonds. The molecule has 0 saturated heterocycles. The Morgan fingerprint density at radius 1 is 0.630 bits per heavy atom. The summed E-state index contributed by atoms with van der Waals surface area (Å²) in [6.45, 7) is 4.83. The maximum atomic E-state index is 13.5. The molecule has 46 heavy (non-hydrogen) atoms. The van der Waals surface area contributed by atoms with Gasteiger partial charge in [-0.1, -0.05) is 79.4 Å². The maximum absolute atomic E-state index is 13.5. The quantitative estimate of drug-likeness (QED) is 0.262. The predicted octanol–water partition coefficient (Wildman–Crippen LogP) is 5.72. The van der Waals surface area contributed by atoms with E-state index in [4.69, 9.17) is 0 Å². The summed E-state index contributed by atoms with van der Waals surface area (Å²) in [5.74, 6) is -1.93. The van der Waals surface area contributed by atoms with Gasteiger partial charge in [-0.05, 0) is 70.3 Å². The lowest BCUT2D eigenvalue weighted by atomic mass is 9.87. The highest BCUT2D eigenvalue weighted by molar-refractivity contribution is 5.99. The Bertz CT molecular complexity index is 1820. The molecule has 0 saturated carbocycles. The number of para-hydroxylation sites is 2. The fourth-order valence-corrected chi connectivity index (χ4v) is 6.09. The van der Waals surface area contributed by atoms with E-state index in [1.165, 1.54) is 12.2 Å². The Hall–Kier alpha value is -5.76. The molecular weight excluding hydrogens is 576 g/mol. The van der Waals surface area contributed by atoms with Crippen LogP contribution in [0, 0.1) is 0 Å². The molecule has 0 aliphatic carbocycles. The van der Waals surface area contributed by atoms with Crippen LogP contribution in [0.5, 0.6) is 0 Å². The average molecular weight is 611 g/mol. The van der Waals surface area contributed by atoms with E-state index >= 15 is 0 Å². The van der Waals surface area contributed by atoms with E-state index in [-0.39, 0.29) is 36.7 Å². The lowest BCUT2D eigenvalue weighted by Crippen LogP contribution is -2.41. The molecule has 2 heterocycles. The minimum atomic E-state index is -0.570. The smallest absolute Gasteiger partial charge is 0.246 e. The number of anilines is 2. The van der Waals surface area contributed by atoms with Gasteiger partial charge in [0, 0.05) is 43.6 Å². The highest BCUT2D eigenvalue weighted by Gasteiger charge is 2.33. The van der Waals surface area contributed by atoms with E-state index in [1.54, 1.807) is 15.9 Å². The molecule has 2 N–H and O–H groups in total. The number of benzene rings is 4. The fraction of sp³-hybridized carbons (Fsp3) is 0.158. The van der Waals surface area contributed by atoms with Crippen molar-refractivity contribution in [3.63, 3.8) is 0 Å². The molecule has 8 nitrogen and oxygen atoms in total. The molecule has 2 aliphatic heterocycles. The Morgan fingerprint density at radius 2 is 1.15 bits per heavy atom. The van der Waals surface area contributed by atoms with E-state index in [1.807, 2.05) is 103 Å². The summed E-state index contributed by atoms with van der Waals surface area (Å²) in [7, 11) is 0. The van der Waals surface area contributed by atoms with Crippen LogP contribution in [0.25, 0.3) is 6.08 Å². The van der Waals surface area contributed by atoms with Gasteiger partial charge in [-0.2, -0.15) is 0 Å². The first-order valence-corrected chi connectivity index (χ1v) is 15.2. The van der Waals surface area contributed by atoms with Crippen LogP contribution in [0.3, 0.4) is 0 Å². The number of carbonyl (C=O) groups is 4. The average Bonchev–Trinajstić information content (AvgIpc) is 3.09. The van der Waals surface area contributed by atoms with Crippen molar-refractivity contribution >= 4 is 41.1 Å². The zero-order valence-corrected chi connectivity index (χ0v) is 25.3. The molecule has 0 bridgehead atoms. The molecule has 0 spiro atoms. The summed E-state index contributed by atoms with van der Waals surface area (Å²) in [6.07, 6.45) is 4.50. The molecule has 0 unspecified atom stereocenters. The molecule has 2 aliphatic rings. The maximum Gasteiger partial charge on any atom is 0.246 e. The van der Waals surface area contributed by atoms with Crippen LogP contribution in [0.2, 0.25) is 0 Å². The van der Waals surface area contributed by atoms with Gasteiger partial charge in [-0.3, -0.25) is 19.2 Å². The van der Waals surface area contributed by atoms with Crippen molar-refractivity contribution in [1.82, 2.24) is 9.80 Å². The Labute approximate surface area is 268 Å². The van der Waals surface area contributed by atoms with Gasteiger partial charge in [-0.15, -0.1) is 0 Å². The normalized spacial score (nSPS) is 17.0. The third-order valence-corrected chi connectivity index (χ3v) is 8.43. The largest absolute Gasteiger partial charge is 0.334 e. The molecule has 4 aromatic rings. The number of fused-ring (bicyclic) bond motifs is 2. The second-order valence-corrected chi connectivity index (χ2v) is 11.4. The summed E-state index contributed by atoms with van der Waals surface area (Å²) in [5.41, 5.74) is 5.66. The molecule has 6 rings (SSSR count). The second-order valence-electron chi connectivity index (χ2n) is 11.4. The third kappa shape index (κ3) is 6.66. The van der Waals surface area contributed by atoms with Crippen LogP contribution in [0.1, 0.15) is 39.7 Å². The van der Waals surface area contributed by atoms with E-state index < -0.39 is 11.8 Å². The predicted molar refractivity (Wildman–Crippen MR) is 179 cm³/mol. The highest BCUT2D eigenvalue weighted by Crippen LogP contribution is 2.32. The van der Waals surface area contributed by atoms with Crippen molar-refractivity contribution in [2.75, 3.05) is 23.7 Å². The summed E-state index contributed by atoms with van der Waals surface area (Å²) in [6, 6.07) is 31.9. The highest BCUT2D eigenvalue weighted by atomic mass is 16.2. The zero-order chi connectivity index (χ0) is 32.0. The van der Waals surface area contributed by atoms with Crippen molar-refractivity contribution in [2.45, 2.75) is 24.9 Å². The number of hydrogen-bond donors (Lipinski definition) is 2. The minimum Gasteiger partial charge on any atom is -0.334 e. The van der Waals surface area contributed by atoms with Gasteiger partial charge in [0.2, 0.25) is 23.6 Å². The van der Waals surface area contributed by atoms with Gasteiger partial charge in [0.05, 0.1) is 11.8 Å². The van der Waals surface area contributed by atoms with Crippen LogP contribution in [0.15, 0.2) is 122 Å². The number of rotatable bonds is 7. The Balaban J connectivity index is 1.20. The van der Waals surface area contributed by atoms with E-state index in [2.05, 4.69) is 17.2 Å².